The van der Waals surface area contributed by atoms with Crippen LogP contribution in [0.15, 0.2) is 12.4 Å². The average Bonchev–Trinajstić information content (AvgIpc) is 2.66. The Morgan fingerprint density at radius 2 is 2.57 bits per heavy atom. The topological polar surface area (TPSA) is 47.3 Å². The molecule has 0 aliphatic carbocycles. The second kappa shape index (κ2) is 4.11. The van der Waals surface area contributed by atoms with E-state index in [1.807, 2.05) is 24.0 Å². The van der Waals surface area contributed by atoms with Crippen LogP contribution in [-0.2, 0) is 11.3 Å². The summed E-state index contributed by atoms with van der Waals surface area (Å²) in [6.07, 6.45) is 5.06. The molecule has 0 radical (unpaired) electrons. The Bertz CT molecular complexity index is 298. The molecule has 2 heterocycles. The zero-order chi connectivity index (χ0) is 9.97. The summed E-state index contributed by atoms with van der Waals surface area (Å²) in [7, 11) is 0. The van der Waals surface area contributed by atoms with Crippen molar-refractivity contribution in [3.8, 4) is 0 Å². The Morgan fingerprint density at radius 3 is 3.21 bits per heavy atom. The zero-order valence-electron chi connectivity index (χ0n) is 8.39. The van der Waals surface area contributed by atoms with Gasteiger partial charge in [0.15, 0.2) is 0 Å². The molecule has 0 amide bonds. The molecule has 1 fully saturated rings. The first-order chi connectivity index (χ1) is 6.79. The van der Waals surface area contributed by atoms with Crippen molar-refractivity contribution in [2.24, 2.45) is 0 Å². The van der Waals surface area contributed by atoms with Crippen LogP contribution in [0.4, 0.5) is 0 Å². The molecule has 1 aliphatic rings. The van der Waals surface area contributed by atoms with Gasteiger partial charge in [-0.25, -0.2) is 0 Å². The summed E-state index contributed by atoms with van der Waals surface area (Å²) in [5.41, 5.74) is 1.07. The Balaban J connectivity index is 2.06. The predicted octanol–water partition coefficient (Wildman–Crippen LogP) is 1.12. The maximum Gasteiger partial charge on any atom is 0.0880 e. The average molecular weight is 196 g/mol. The predicted molar refractivity (Wildman–Crippen MR) is 51.8 cm³/mol. The van der Waals surface area contributed by atoms with E-state index in [1.165, 1.54) is 0 Å². The molecule has 4 nitrogen and oxygen atoms in total. The van der Waals surface area contributed by atoms with E-state index in [4.69, 9.17) is 4.74 Å². The first-order valence-electron chi connectivity index (χ1n) is 5.11. The number of hydrogen-bond donors (Lipinski definition) is 1. The number of aliphatic hydroxyl groups is 1. The van der Waals surface area contributed by atoms with Crippen molar-refractivity contribution in [1.82, 2.24) is 9.78 Å². The van der Waals surface area contributed by atoms with E-state index in [0.717, 1.165) is 18.5 Å². The molecule has 78 valence electrons. The monoisotopic (exact) mass is 196 g/mol. The lowest BCUT2D eigenvalue weighted by Gasteiger charge is -2.25. The van der Waals surface area contributed by atoms with Crippen molar-refractivity contribution in [1.29, 1.82) is 0 Å². The maximum atomic E-state index is 9.50. The van der Waals surface area contributed by atoms with Gasteiger partial charge < -0.3 is 9.84 Å². The van der Waals surface area contributed by atoms with E-state index in [2.05, 4.69) is 5.10 Å². The highest BCUT2D eigenvalue weighted by Crippen LogP contribution is 2.27. The van der Waals surface area contributed by atoms with E-state index in [1.54, 1.807) is 0 Å². The fourth-order valence-corrected chi connectivity index (χ4v) is 1.73. The van der Waals surface area contributed by atoms with E-state index in [-0.39, 0.29) is 12.2 Å². The Kier molecular flexibility index (Phi) is 2.84. The highest BCUT2D eigenvalue weighted by atomic mass is 16.5. The quantitative estimate of drug-likeness (QED) is 0.771. The van der Waals surface area contributed by atoms with Gasteiger partial charge in [-0.15, -0.1) is 0 Å². The molecule has 1 N–H and O–H groups in total. The first-order valence-corrected chi connectivity index (χ1v) is 5.11. The Labute approximate surface area is 83.5 Å². The molecule has 2 atom stereocenters. The standard InChI is InChI=1S/C10H16N2O2/c1-2-12-7-8(6-11-12)10-5-9(13)3-4-14-10/h6-7,9-10,13H,2-5H2,1H3. The van der Waals surface area contributed by atoms with Crippen LogP contribution in [-0.4, -0.2) is 27.6 Å². The number of rotatable bonds is 2. The van der Waals surface area contributed by atoms with E-state index in [0.29, 0.717) is 13.0 Å². The van der Waals surface area contributed by atoms with Crippen molar-refractivity contribution in [3.05, 3.63) is 18.0 Å². The van der Waals surface area contributed by atoms with Crippen molar-refractivity contribution in [2.45, 2.75) is 38.5 Å². The van der Waals surface area contributed by atoms with Gasteiger partial charge >= 0.3 is 0 Å². The summed E-state index contributed by atoms with van der Waals surface area (Å²) in [6.45, 7) is 3.56. The van der Waals surface area contributed by atoms with Gasteiger partial charge in [0.2, 0.25) is 0 Å². The third-order valence-corrected chi connectivity index (χ3v) is 2.61. The second-order valence-corrected chi connectivity index (χ2v) is 3.67. The lowest BCUT2D eigenvalue weighted by Crippen LogP contribution is -2.23. The van der Waals surface area contributed by atoms with Gasteiger partial charge in [0.1, 0.15) is 0 Å². The molecule has 0 spiro atoms. The van der Waals surface area contributed by atoms with E-state index >= 15 is 0 Å². The van der Waals surface area contributed by atoms with Gasteiger partial charge in [0.05, 0.1) is 18.4 Å². The lowest BCUT2D eigenvalue weighted by atomic mass is 10.0. The molecule has 0 bridgehead atoms. The Hall–Kier alpha value is -0.870. The summed E-state index contributed by atoms with van der Waals surface area (Å²) < 4.78 is 7.45. The highest BCUT2D eigenvalue weighted by molar-refractivity contribution is 5.09. The summed E-state index contributed by atoms with van der Waals surface area (Å²) in [5.74, 6) is 0. The van der Waals surface area contributed by atoms with Gasteiger partial charge in [-0.1, -0.05) is 0 Å². The van der Waals surface area contributed by atoms with Crippen molar-refractivity contribution in [3.63, 3.8) is 0 Å². The number of aryl methyl sites for hydroxylation is 1. The molecule has 1 aliphatic heterocycles. The molecule has 4 heteroatoms. The molecular weight excluding hydrogens is 180 g/mol. The van der Waals surface area contributed by atoms with Crippen LogP contribution in [0.5, 0.6) is 0 Å². The fraction of sp³-hybridized carbons (Fsp3) is 0.700. The smallest absolute Gasteiger partial charge is 0.0880 e. The van der Waals surface area contributed by atoms with Crippen LogP contribution >= 0.6 is 0 Å². The van der Waals surface area contributed by atoms with Crippen LogP contribution in [0.2, 0.25) is 0 Å². The second-order valence-electron chi connectivity index (χ2n) is 3.67. The molecule has 2 unspecified atom stereocenters. The number of aliphatic hydroxyl groups excluding tert-OH is 1. The summed E-state index contributed by atoms with van der Waals surface area (Å²) in [6, 6.07) is 0. The molecule has 1 aromatic heterocycles. The number of aromatic nitrogens is 2. The van der Waals surface area contributed by atoms with Gasteiger partial charge in [-0.3, -0.25) is 4.68 Å². The lowest BCUT2D eigenvalue weighted by molar-refractivity contribution is -0.0448. The highest BCUT2D eigenvalue weighted by Gasteiger charge is 2.23. The SMILES string of the molecule is CCn1cc(C2CC(O)CCO2)cn1. The number of hydrogen-bond acceptors (Lipinski definition) is 3. The first kappa shape index (κ1) is 9.68. The minimum absolute atomic E-state index is 0.0269. The molecule has 1 saturated heterocycles. The number of ether oxygens (including phenoxy) is 1. The van der Waals surface area contributed by atoms with E-state index < -0.39 is 0 Å². The molecule has 14 heavy (non-hydrogen) atoms. The van der Waals surface area contributed by atoms with Gasteiger partial charge in [0, 0.05) is 31.3 Å². The molecule has 0 saturated carbocycles. The summed E-state index contributed by atoms with van der Waals surface area (Å²) >= 11 is 0. The minimum Gasteiger partial charge on any atom is -0.393 e. The van der Waals surface area contributed by atoms with E-state index in [9.17, 15) is 5.11 Å². The molecule has 2 rings (SSSR count). The van der Waals surface area contributed by atoms with Crippen LogP contribution in [0, 0.1) is 0 Å². The minimum atomic E-state index is -0.223. The maximum absolute atomic E-state index is 9.50. The number of nitrogens with zero attached hydrogens (tertiary/aromatic N) is 2. The zero-order valence-corrected chi connectivity index (χ0v) is 8.39. The van der Waals surface area contributed by atoms with Crippen LogP contribution in [0.1, 0.15) is 31.4 Å². The van der Waals surface area contributed by atoms with Gasteiger partial charge in [-0.05, 0) is 13.3 Å². The third kappa shape index (κ3) is 1.96. The molecule has 1 aromatic rings. The van der Waals surface area contributed by atoms with Crippen LogP contribution < -0.4 is 0 Å². The van der Waals surface area contributed by atoms with Crippen LogP contribution in [0.25, 0.3) is 0 Å². The van der Waals surface area contributed by atoms with Gasteiger partial charge in [-0.2, -0.15) is 5.10 Å². The fourth-order valence-electron chi connectivity index (χ4n) is 1.73. The third-order valence-electron chi connectivity index (χ3n) is 2.61. The van der Waals surface area contributed by atoms with Crippen molar-refractivity contribution < 1.29 is 9.84 Å². The normalized spacial score (nSPS) is 27.9. The summed E-state index contributed by atoms with van der Waals surface area (Å²) in [5, 5.41) is 13.7. The van der Waals surface area contributed by atoms with Crippen molar-refractivity contribution in [2.75, 3.05) is 6.61 Å². The Morgan fingerprint density at radius 1 is 1.71 bits per heavy atom. The molecule has 0 aromatic carbocycles. The van der Waals surface area contributed by atoms with Crippen LogP contribution in [0.3, 0.4) is 0 Å². The van der Waals surface area contributed by atoms with Crippen molar-refractivity contribution >= 4 is 0 Å². The molecular formula is C10H16N2O2. The summed E-state index contributed by atoms with van der Waals surface area (Å²) in [4.78, 5) is 0. The van der Waals surface area contributed by atoms with Gasteiger partial charge in [0.25, 0.3) is 0 Å². The largest absolute Gasteiger partial charge is 0.393 e.